The zero-order chi connectivity index (χ0) is 13.7. The first kappa shape index (κ1) is 14.0. The topological polar surface area (TPSA) is 79.5 Å². The molecular formula is C13H17NO4. The van der Waals surface area contributed by atoms with Crippen molar-refractivity contribution in [3.63, 3.8) is 0 Å². The summed E-state index contributed by atoms with van der Waals surface area (Å²) in [5, 5.41) is 11.4. The largest absolute Gasteiger partial charge is 0.481 e. The van der Waals surface area contributed by atoms with Gasteiger partial charge < -0.3 is 14.8 Å². The second kappa shape index (κ2) is 6.05. The number of carbonyl (C=O) groups is 2. The van der Waals surface area contributed by atoms with Crippen LogP contribution in [0.4, 0.5) is 0 Å². The Hall–Kier alpha value is -2.04. The number of hydrogen-bond acceptors (Lipinski definition) is 3. The maximum absolute atomic E-state index is 11.9. The van der Waals surface area contributed by atoms with Gasteiger partial charge in [-0.3, -0.25) is 9.59 Å². The Bertz CT molecular complexity index is 481. The third kappa shape index (κ3) is 3.76. The van der Waals surface area contributed by atoms with Gasteiger partial charge in [-0.25, -0.2) is 0 Å². The summed E-state index contributed by atoms with van der Waals surface area (Å²) in [6.45, 7) is 6.00. The first-order valence-electron chi connectivity index (χ1n) is 5.62. The SMILES string of the molecule is CC(C)=CCNC(=O)c1c(C)coc1CC(=O)O. The van der Waals surface area contributed by atoms with E-state index in [0.29, 0.717) is 17.7 Å². The molecular weight excluding hydrogens is 234 g/mol. The first-order chi connectivity index (χ1) is 8.41. The minimum Gasteiger partial charge on any atom is -0.481 e. The average molecular weight is 251 g/mol. The summed E-state index contributed by atoms with van der Waals surface area (Å²) in [6, 6.07) is 0. The van der Waals surface area contributed by atoms with Crippen LogP contribution in [0.3, 0.4) is 0 Å². The predicted molar refractivity (Wildman–Crippen MR) is 66.5 cm³/mol. The molecule has 0 saturated heterocycles. The van der Waals surface area contributed by atoms with Gasteiger partial charge in [0.25, 0.3) is 5.91 Å². The maximum Gasteiger partial charge on any atom is 0.311 e. The van der Waals surface area contributed by atoms with E-state index in [9.17, 15) is 9.59 Å². The van der Waals surface area contributed by atoms with Crippen LogP contribution < -0.4 is 5.32 Å². The zero-order valence-corrected chi connectivity index (χ0v) is 10.7. The molecule has 1 aromatic heterocycles. The number of aliphatic carboxylic acids is 1. The molecule has 0 aliphatic carbocycles. The molecule has 0 aliphatic rings. The third-order valence-electron chi connectivity index (χ3n) is 2.36. The molecule has 0 bridgehead atoms. The molecule has 1 aromatic rings. The minimum atomic E-state index is -1.03. The molecule has 1 heterocycles. The Morgan fingerprint density at radius 1 is 1.44 bits per heavy atom. The second-order valence-electron chi connectivity index (χ2n) is 4.28. The smallest absolute Gasteiger partial charge is 0.311 e. The number of hydrogen-bond donors (Lipinski definition) is 2. The van der Waals surface area contributed by atoms with E-state index in [4.69, 9.17) is 9.52 Å². The Labute approximate surface area is 105 Å². The van der Waals surface area contributed by atoms with Crippen molar-refractivity contribution in [3.8, 4) is 0 Å². The lowest BCUT2D eigenvalue weighted by Crippen LogP contribution is -2.25. The van der Waals surface area contributed by atoms with Crippen molar-refractivity contribution in [1.82, 2.24) is 5.32 Å². The van der Waals surface area contributed by atoms with Gasteiger partial charge in [-0.05, 0) is 20.8 Å². The highest BCUT2D eigenvalue weighted by molar-refractivity contribution is 5.97. The summed E-state index contributed by atoms with van der Waals surface area (Å²) >= 11 is 0. The summed E-state index contributed by atoms with van der Waals surface area (Å²) in [5.41, 5.74) is 2.06. The summed E-state index contributed by atoms with van der Waals surface area (Å²) in [4.78, 5) is 22.6. The fourth-order valence-electron chi connectivity index (χ4n) is 1.51. The van der Waals surface area contributed by atoms with E-state index < -0.39 is 5.97 Å². The van der Waals surface area contributed by atoms with Crippen molar-refractivity contribution in [2.45, 2.75) is 27.2 Å². The van der Waals surface area contributed by atoms with E-state index in [1.807, 2.05) is 19.9 Å². The van der Waals surface area contributed by atoms with Crippen molar-refractivity contribution in [2.75, 3.05) is 6.54 Å². The van der Waals surface area contributed by atoms with E-state index in [1.165, 1.54) is 6.26 Å². The average Bonchev–Trinajstić information content (AvgIpc) is 2.58. The minimum absolute atomic E-state index is 0.190. The molecule has 0 aromatic carbocycles. The molecule has 0 saturated carbocycles. The lowest BCUT2D eigenvalue weighted by molar-refractivity contribution is -0.136. The number of allylic oxidation sites excluding steroid dienone is 1. The molecule has 5 nitrogen and oxygen atoms in total. The molecule has 2 N–H and O–H groups in total. The molecule has 0 fully saturated rings. The molecule has 5 heteroatoms. The fraction of sp³-hybridized carbons (Fsp3) is 0.385. The lowest BCUT2D eigenvalue weighted by Gasteiger charge is -2.03. The molecule has 18 heavy (non-hydrogen) atoms. The van der Waals surface area contributed by atoms with Crippen LogP contribution in [-0.4, -0.2) is 23.5 Å². The van der Waals surface area contributed by atoms with Gasteiger partial charge >= 0.3 is 5.97 Å². The molecule has 0 radical (unpaired) electrons. The first-order valence-corrected chi connectivity index (χ1v) is 5.62. The molecule has 98 valence electrons. The Balaban J connectivity index is 2.81. The van der Waals surface area contributed by atoms with Crippen molar-refractivity contribution in [3.05, 3.63) is 34.8 Å². The number of carboxylic acids is 1. The van der Waals surface area contributed by atoms with Gasteiger partial charge in [0.15, 0.2) is 0 Å². The van der Waals surface area contributed by atoms with Crippen LogP contribution in [0.5, 0.6) is 0 Å². The van der Waals surface area contributed by atoms with E-state index in [-0.39, 0.29) is 18.1 Å². The number of carbonyl (C=O) groups excluding carboxylic acids is 1. The normalized spacial score (nSPS) is 9.94. The van der Waals surface area contributed by atoms with E-state index in [1.54, 1.807) is 6.92 Å². The van der Waals surface area contributed by atoms with Crippen LogP contribution in [0.15, 0.2) is 22.3 Å². The van der Waals surface area contributed by atoms with Gasteiger partial charge in [-0.2, -0.15) is 0 Å². The predicted octanol–water partition coefficient (Wildman–Crippen LogP) is 1.91. The molecule has 0 atom stereocenters. The van der Waals surface area contributed by atoms with Gasteiger partial charge in [0.2, 0.25) is 0 Å². The third-order valence-corrected chi connectivity index (χ3v) is 2.36. The van der Waals surface area contributed by atoms with Gasteiger partial charge in [-0.1, -0.05) is 11.6 Å². The van der Waals surface area contributed by atoms with E-state index in [0.717, 1.165) is 5.57 Å². The van der Waals surface area contributed by atoms with Crippen molar-refractivity contribution >= 4 is 11.9 Å². The number of carboxylic acid groups (broad SMARTS) is 1. The van der Waals surface area contributed by atoms with Gasteiger partial charge in [0, 0.05) is 12.1 Å². The lowest BCUT2D eigenvalue weighted by atomic mass is 10.1. The molecule has 0 spiro atoms. The van der Waals surface area contributed by atoms with Gasteiger partial charge in [0.05, 0.1) is 11.8 Å². The van der Waals surface area contributed by atoms with Crippen molar-refractivity contribution in [2.24, 2.45) is 0 Å². The number of furan rings is 1. The number of rotatable bonds is 5. The zero-order valence-electron chi connectivity index (χ0n) is 10.7. The Morgan fingerprint density at radius 3 is 2.67 bits per heavy atom. The van der Waals surface area contributed by atoms with Crippen LogP contribution >= 0.6 is 0 Å². The van der Waals surface area contributed by atoms with Gasteiger partial charge in [-0.15, -0.1) is 0 Å². The van der Waals surface area contributed by atoms with Gasteiger partial charge in [0.1, 0.15) is 12.2 Å². The Kier molecular flexibility index (Phi) is 4.71. The maximum atomic E-state index is 11.9. The summed E-state index contributed by atoms with van der Waals surface area (Å²) in [6.07, 6.45) is 2.98. The highest BCUT2D eigenvalue weighted by Crippen LogP contribution is 2.17. The van der Waals surface area contributed by atoms with Crippen molar-refractivity contribution < 1.29 is 19.1 Å². The van der Waals surface area contributed by atoms with Crippen LogP contribution in [-0.2, 0) is 11.2 Å². The van der Waals surface area contributed by atoms with E-state index in [2.05, 4.69) is 5.32 Å². The summed E-state index contributed by atoms with van der Waals surface area (Å²) in [5.74, 6) is -1.15. The van der Waals surface area contributed by atoms with Crippen molar-refractivity contribution in [1.29, 1.82) is 0 Å². The standard InChI is InChI=1S/C13H17NO4/c1-8(2)4-5-14-13(17)12-9(3)7-18-10(12)6-11(15)16/h4,7H,5-6H2,1-3H3,(H,14,17)(H,15,16). The Morgan fingerprint density at radius 2 is 2.11 bits per heavy atom. The fourth-order valence-corrected chi connectivity index (χ4v) is 1.51. The van der Waals surface area contributed by atoms with Crippen LogP contribution in [0.2, 0.25) is 0 Å². The number of amides is 1. The molecule has 1 rings (SSSR count). The summed E-state index contributed by atoms with van der Waals surface area (Å²) < 4.78 is 5.10. The molecule has 1 amide bonds. The van der Waals surface area contributed by atoms with E-state index >= 15 is 0 Å². The molecule has 0 unspecified atom stereocenters. The number of aryl methyl sites for hydroxylation is 1. The van der Waals surface area contributed by atoms with Crippen LogP contribution in [0.1, 0.15) is 35.5 Å². The quantitative estimate of drug-likeness (QED) is 0.783. The van der Waals surface area contributed by atoms with Crippen LogP contribution in [0.25, 0.3) is 0 Å². The highest BCUT2D eigenvalue weighted by atomic mass is 16.4. The summed E-state index contributed by atoms with van der Waals surface area (Å²) in [7, 11) is 0. The van der Waals surface area contributed by atoms with Crippen LogP contribution in [0, 0.1) is 6.92 Å². The second-order valence-corrected chi connectivity index (χ2v) is 4.28. The number of nitrogens with one attached hydrogen (secondary N) is 1. The molecule has 0 aliphatic heterocycles. The monoisotopic (exact) mass is 251 g/mol. The highest BCUT2D eigenvalue weighted by Gasteiger charge is 2.19.